The molecule has 2 fully saturated rings. The van der Waals surface area contributed by atoms with Gasteiger partial charge in [0.1, 0.15) is 60.6 Å². The Kier molecular flexibility index (Phi) is 35.9. The summed E-state index contributed by atoms with van der Waals surface area (Å²) in [7, 11) is -8.90. The molecule has 0 aromatic heterocycles. The highest BCUT2D eigenvalue weighted by atomic mass is 35.5. The molecular formula is C88H107Cl2N5O30S2. The Labute approximate surface area is 744 Å². The van der Waals surface area contributed by atoms with Crippen molar-refractivity contribution in [2.24, 2.45) is 10.3 Å². The second kappa shape index (κ2) is 46.8. The van der Waals surface area contributed by atoms with Crippen LogP contribution in [0.15, 0.2) is 143 Å². The minimum absolute atomic E-state index is 0.0450. The minimum Gasteiger partial charge on any atom is -0.461 e. The molecule has 127 heavy (non-hydrogen) atoms. The van der Waals surface area contributed by atoms with Crippen molar-refractivity contribution in [3.8, 4) is 23.0 Å². The van der Waals surface area contributed by atoms with E-state index in [2.05, 4.69) is 10.3 Å². The number of carbonyl (C=O) groups is 5. The van der Waals surface area contributed by atoms with Crippen molar-refractivity contribution in [3.63, 3.8) is 0 Å². The van der Waals surface area contributed by atoms with Crippen LogP contribution in [-0.4, -0.2) is 309 Å². The highest BCUT2D eigenvalue weighted by Gasteiger charge is 2.48. The number of aliphatic hydroxyl groups is 8. The number of sulfone groups is 1. The van der Waals surface area contributed by atoms with Crippen LogP contribution in [0, 0.1) is 6.92 Å². The number of rotatable bonds is 51. The molecule has 8 N–H and O–H groups in total. The van der Waals surface area contributed by atoms with Gasteiger partial charge in [0.25, 0.3) is 0 Å². The molecule has 0 radical (unpaired) electrons. The number of hydrogen-bond donors (Lipinski definition) is 8. The van der Waals surface area contributed by atoms with Crippen molar-refractivity contribution in [3.05, 3.63) is 161 Å². The number of ether oxygens (including phenoxy) is 11. The van der Waals surface area contributed by atoms with Crippen molar-refractivity contribution in [1.82, 2.24) is 5.01 Å². The molecular weight excluding hydrogens is 1740 g/mol. The number of Topliss-reactive ketones (excluding diaryl/α,β-unsaturated/α-hetero) is 3. The number of amides is 2. The van der Waals surface area contributed by atoms with Gasteiger partial charge in [-0.2, -0.15) is 5.11 Å². The summed E-state index contributed by atoms with van der Waals surface area (Å²) in [5.74, 6) is -3.82. The molecule has 0 saturated carbocycles. The summed E-state index contributed by atoms with van der Waals surface area (Å²) in [6.45, 7) is 6.07. The van der Waals surface area contributed by atoms with Gasteiger partial charge in [0.15, 0.2) is 44.4 Å². The first kappa shape index (κ1) is 97.5. The van der Waals surface area contributed by atoms with Gasteiger partial charge in [-0.3, -0.25) is 29.0 Å². The number of halogens is 2. The van der Waals surface area contributed by atoms with Crippen molar-refractivity contribution < 1.29 is 142 Å². The quantitative estimate of drug-likeness (QED) is 0.0116. The number of benzene rings is 7. The van der Waals surface area contributed by atoms with Crippen LogP contribution >= 0.6 is 23.2 Å². The molecule has 0 spiro atoms. The highest BCUT2D eigenvalue weighted by Crippen LogP contribution is 2.49. The Morgan fingerprint density at radius 3 is 1.39 bits per heavy atom. The molecule has 2 amide bonds. The van der Waals surface area contributed by atoms with E-state index < -0.39 is 124 Å². The third kappa shape index (κ3) is 25.5. The summed E-state index contributed by atoms with van der Waals surface area (Å²) in [6, 6.07) is 32.9. The van der Waals surface area contributed by atoms with Crippen LogP contribution in [-0.2, 0) is 72.5 Å². The summed E-state index contributed by atoms with van der Waals surface area (Å²) in [5, 5.41) is 96.1. The van der Waals surface area contributed by atoms with Crippen LogP contribution in [0.3, 0.4) is 0 Å². The summed E-state index contributed by atoms with van der Waals surface area (Å²) in [4.78, 5) is 71.4. The number of aryl methyl sites for hydroxylation is 1. The number of ketones is 3. The maximum absolute atomic E-state index is 14.6. The molecule has 0 aliphatic carbocycles. The molecule has 0 bridgehead atoms. The topological polar surface area (TPSA) is 470 Å². The van der Waals surface area contributed by atoms with Crippen molar-refractivity contribution >= 4 is 106 Å². The van der Waals surface area contributed by atoms with Gasteiger partial charge >= 0.3 is 10.4 Å². The van der Waals surface area contributed by atoms with Gasteiger partial charge < -0.3 is 111 Å². The number of hydrogen-bond acceptors (Lipinski definition) is 33. The van der Waals surface area contributed by atoms with E-state index in [9.17, 15) is 81.7 Å². The summed E-state index contributed by atoms with van der Waals surface area (Å²) in [6.07, 6.45) is -16.2. The zero-order valence-electron chi connectivity index (χ0n) is 69.9. The Morgan fingerprint density at radius 2 is 0.882 bits per heavy atom. The van der Waals surface area contributed by atoms with Crippen molar-refractivity contribution in [2.45, 2.75) is 142 Å². The largest absolute Gasteiger partial charge is 0.501 e. The van der Waals surface area contributed by atoms with E-state index in [4.69, 9.17) is 83.7 Å². The van der Waals surface area contributed by atoms with Gasteiger partial charge in [-0.15, -0.1) is 31.6 Å². The zero-order chi connectivity index (χ0) is 90.3. The van der Waals surface area contributed by atoms with E-state index >= 15 is 0 Å². The smallest absolute Gasteiger partial charge is 0.461 e. The van der Waals surface area contributed by atoms with Gasteiger partial charge in [-0.05, 0) is 78.4 Å². The molecule has 39 heteroatoms. The van der Waals surface area contributed by atoms with E-state index in [0.29, 0.717) is 124 Å². The number of anilines is 2. The van der Waals surface area contributed by atoms with Gasteiger partial charge in [0.05, 0.1) is 128 Å². The van der Waals surface area contributed by atoms with E-state index in [1.807, 2.05) is 13.0 Å². The van der Waals surface area contributed by atoms with Gasteiger partial charge in [0.2, 0.25) is 24.4 Å². The molecule has 2 saturated heterocycles. The molecule has 5 aliphatic heterocycles. The van der Waals surface area contributed by atoms with Crippen molar-refractivity contribution in [1.29, 1.82) is 0 Å². The molecule has 13 atom stereocenters. The van der Waals surface area contributed by atoms with E-state index in [1.165, 1.54) is 29.2 Å². The normalized spacial score (nSPS) is 22.3. The first-order valence-electron chi connectivity index (χ1n) is 42.0. The summed E-state index contributed by atoms with van der Waals surface area (Å²) in [5.41, 5.74) is 3.76. The maximum atomic E-state index is 14.6. The third-order valence-corrected chi connectivity index (χ3v) is 25.4. The summed E-state index contributed by atoms with van der Waals surface area (Å²) < 4.78 is 129. The standard InChI is InChI=1S/C88H107Cl2N5O30S2/c1-54-17-24-61(25-18-54)126(109,110)42-27-70(100)56-21-19-55(20-22-56)68(98)13-7-29-113-33-36-117-38-39-118-40-41-119-53-60-50-93(92-91-60)28-31-115-34-37-116-35-32-114-30-8-14-69(99)57-23-26-71(120-87-85(107)83(105)81(103)75(51-96)122-87)74(43-57)125-127(111,112)124-73-45-67-80(65-12-5-3-10-63(65)73)59(47-90)49-95(67)78(102)16-6-15-77(101)94-48-58(46-89)79-64-11-4-2-9-62(64)72(44-66(79)94)121-88-86(108)84(106)82(104)76(52-97)123-88/h2-5,9-12,17-26,43-45,58-60,75-76,81-88,96-97,103-108H,6-8,13-16,27-42,46-53H2,1H3/t58-,59-,60?,75-,76-,81+,82+,83+,84+,85-,86-,87-,88-/m1/s1. The number of aliphatic hydroxyl groups excluding tert-OH is 8. The van der Waals surface area contributed by atoms with Crippen LogP contribution < -0.4 is 27.6 Å². The Morgan fingerprint density at radius 1 is 0.449 bits per heavy atom. The number of fused-ring (bicyclic) bond motifs is 6. The highest BCUT2D eigenvalue weighted by molar-refractivity contribution is 7.91. The van der Waals surface area contributed by atoms with Crippen LogP contribution in [0.2, 0.25) is 0 Å². The van der Waals surface area contributed by atoms with Gasteiger partial charge in [0, 0.05) is 122 Å². The third-order valence-electron chi connectivity index (χ3n) is 22.2. The second-order valence-electron chi connectivity index (χ2n) is 31.1. The first-order chi connectivity index (χ1) is 61.3. The maximum Gasteiger partial charge on any atom is 0.501 e. The lowest BCUT2D eigenvalue weighted by molar-refractivity contribution is -0.277. The Hall–Kier alpha value is -8.59. The molecule has 5 heterocycles. The SMILES string of the molecule is Cc1ccc(S(=O)(=O)CCC(=O)c2ccc(C(=O)CCCOCCOCCOCCOCC3CN(CCOCCOCCOCCCC(=O)c4ccc(O[C@@H]5O[C@H](CO)[C@H](O)[C@H](O)[C@H]5O)c(OS(=O)(=O)Oc5cc6c(c7ccccc57)[C@H](CCl)CN6C(=O)CCCC(=O)N5C[C@@H](CCl)c6c5cc(O[C@@H]5O[C@H](CO)[C@H](O)[C@H](O)[C@H]5O)c5ccccc65)c4)N=N3)cc2)cc1. The Bertz CT molecular complexity index is 5140. The Balaban J connectivity index is 0.538. The number of nitrogens with zero attached hydrogens (tertiary/aromatic N) is 5. The second-order valence-corrected chi connectivity index (χ2v) is 35.0. The van der Waals surface area contributed by atoms with E-state index in [-0.39, 0.29) is 164 Å². The molecule has 7 aromatic rings. The molecule has 5 aliphatic rings. The molecule has 35 nitrogen and oxygen atoms in total. The zero-order valence-corrected chi connectivity index (χ0v) is 73.1. The van der Waals surface area contributed by atoms with Crippen LogP contribution in [0.4, 0.5) is 11.4 Å². The predicted octanol–water partition coefficient (Wildman–Crippen LogP) is 6.41. The lowest BCUT2D eigenvalue weighted by Gasteiger charge is -2.39. The van der Waals surface area contributed by atoms with Gasteiger partial charge in [-0.25, -0.2) is 8.42 Å². The fraction of sp³-hybridized carbons (Fsp3) is 0.511. The van der Waals surface area contributed by atoms with E-state index in [0.717, 1.165) is 23.3 Å². The lowest BCUT2D eigenvalue weighted by Crippen LogP contribution is -2.60. The predicted molar refractivity (Wildman–Crippen MR) is 460 cm³/mol. The number of alkyl halides is 2. The average Bonchev–Trinajstić information content (AvgIpc) is 1.61. The van der Waals surface area contributed by atoms with Crippen molar-refractivity contribution in [2.75, 3.05) is 159 Å². The fourth-order valence-corrected chi connectivity index (χ4v) is 17.8. The average molecular weight is 1850 g/mol. The van der Waals surface area contributed by atoms with E-state index in [1.54, 1.807) is 94.8 Å². The van der Waals surface area contributed by atoms with Gasteiger partial charge in [-0.1, -0.05) is 95.7 Å². The van der Waals surface area contributed by atoms with Crippen LogP contribution in [0.5, 0.6) is 23.0 Å². The lowest BCUT2D eigenvalue weighted by atomic mass is 9.95. The molecule has 1 unspecified atom stereocenters. The fourth-order valence-electron chi connectivity index (χ4n) is 15.3. The molecule has 12 rings (SSSR count). The van der Waals surface area contributed by atoms with Crippen LogP contribution in [0.25, 0.3) is 21.5 Å². The monoisotopic (exact) mass is 1850 g/mol. The minimum atomic E-state index is -5.29. The number of carbonyl (C=O) groups excluding carboxylic acids is 5. The molecule has 7 aromatic carbocycles. The van der Waals surface area contributed by atoms with Crippen LogP contribution in [0.1, 0.15) is 111 Å². The summed E-state index contributed by atoms with van der Waals surface area (Å²) >= 11 is 13.2. The molecule has 690 valence electrons. The first-order valence-corrected chi connectivity index (χ1v) is 46.1.